The van der Waals surface area contributed by atoms with Crippen molar-refractivity contribution in [2.45, 2.75) is 116 Å². The third-order valence-electron chi connectivity index (χ3n) is 9.07. The van der Waals surface area contributed by atoms with E-state index in [9.17, 15) is 19.2 Å². The number of nitrogens with zero attached hydrogens (tertiary/aromatic N) is 3. The Kier molecular flexibility index (Phi) is 13.4. The van der Waals surface area contributed by atoms with E-state index in [1.165, 1.54) is 23.3 Å². The number of likely N-dealkylation sites (N-methyl/N-ethyl adjacent to an activating group) is 1. The minimum absolute atomic E-state index is 0.00640. The van der Waals surface area contributed by atoms with Crippen LogP contribution in [0.25, 0.3) is 0 Å². The molecule has 1 saturated carbocycles. The molecule has 12 heteroatoms. The highest BCUT2D eigenvalue weighted by Crippen LogP contribution is 2.37. The summed E-state index contributed by atoms with van der Waals surface area (Å²) < 4.78 is 11.3. The average Bonchev–Trinajstić information content (AvgIpc) is 3.76. The Hall–Kier alpha value is -3.51. The molecule has 3 amide bonds. The van der Waals surface area contributed by atoms with Gasteiger partial charge in [-0.15, -0.1) is 11.3 Å². The van der Waals surface area contributed by atoms with Gasteiger partial charge >= 0.3 is 6.09 Å². The van der Waals surface area contributed by atoms with Gasteiger partial charge in [-0.3, -0.25) is 19.3 Å². The van der Waals surface area contributed by atoms with Crippen molar-refractivity contribution in [1.29, 1.82) is 0 Å². The lowest BCUT2D eigenvalue weighted by Crippen LogP contribution is -2.56. The van der Waals surface area contributed by atoms with Crippen molar-refractivity contribution in [2.24, 2.45) is 5.92 Å². The number of aromatic nitrogens is 1. The van der Waals surface area contributed by atoms with Crippen LogP contribution in [0.15, 0.2) is 29.6 Å². The predicted molar refractivity (Wildman–Crippen MR) is 184 cm³/mol. The zero-order chi connectivity index (χ0) is 34.8. The summed E-state index contributed by atoms with van der Waals surface area (Å²) in [5, 5.41) is 14.4. The second-order valence-corrected chi connectivity index (χ2v) is 14.8. The van der Waals surface area contributed by atoms with E-state index in [2.05, 4.69) is 5.32 Å². The highest BCUT2D eigenvalue weighted by Gasteiger charge is 2.41. The monoisotopic (exact) mass is 684 g/mol. The van der Waals surface area contributed by atoms with Gasteiger partial charge in [-0.05, 0) is 90.7 Å². The second kappa shape index (κ2) is 17.2. The Balaban J connectivity index is 1.46. The number of benzene rings is 1. The van der Waals surface area contributed by atoms with Crippen LogP contribution in [0.4, 0.5) is 4.79 Å². The average molecular weight is 685 g/mol. The molecule has 0 radical (unpaired) electrons. The molecule has 0 unspecified atom stereocenters. The Morgan fingerprint density at radius 3 is 2.54 bits per heavy atom. The number of amides is 3. The van der Waals surface area contributed by atoms with E-state index in [0.717, 1.165) is 64.2 Å². The van der Waals surface area contributed by atoms with Crippen LogP contribution >= 0.6 is 11.3 Å². The van der Waals surface area contributed by atoms with Crippen LogP contribution in [0.2, 0.25) is 0 Å². The summed E-state index contributed by atoms with van der Waals surface area (Å²) >= 11 is 1.37. The molecule has 0 bridgehead atoms. The highest BCUT2D eigenvalue weighted by atomic mass is 32.1. The van der Waals surface area contributed by atoms with E-state index < -0.39 is 29.7 Å². The molecule has 4 rings (SSSR count). The molecule has 1 aliphatic heterocycles. The Morgan fingerprint density at radius 2 is 1.83 bits per heavy atom. The van der Waals surface area contributed by atoms with Crippen molar-refractivity contribution in [1.82, 2.24) is 20.1 Å². The van der Waals surface area contributed by atoms with Crippen molar-refractivity contribution < 1.29 is 33.8 Å². The Labute approximate surface area is 288 Å². The predicted octanol–water partition coefficient (Wildman–Crippen LogP) is 5.90. The SMILES string of the molecule is C[C@@H](C(=O)N[C@H](C(=O)N1CCC[C@H]1c1nc(C(=O)c2cccc(OCCCCCO)c2)cs1)C1CCCCC1)N(C)C(=O)OC(C)(C)C. The van der Waals surface area contributed by atoms with Crippen LogP contribution in [0, 0.1) is 5.92 Å². The lowest BCUT2D eigenvalue weighted by Gasteiger charge is -2.36. The molecule has 2 aliphatic rings. The number of rotatable bonds is 14. The van der Waals surface area contributed by atoms with Gasteiger partial charge in [0.2, 0.25) is 17.6 Å². The maximum absolute atomic E-state index is 14.3. The van der Waals surface area contributed by atoms with Crippen LogP contribution in [-0.2, 0) is 14.3 Å². The van der Waals surface area contributed by atoms with E-state index in [1.807, 2.05) is 11.0 Å². The molecule has 1 aromatic carbocycles. The first-order valence-corrected chi connectivity index (χ1v) is 18.2. The van der Waals surface area contributed by atoms with Crippen molar-refractivity contribution in [2.75, 3.05) is 26.8 Å². The Bertz CT molecular complexity index is 1400. The molecule has 0 spiro atoms. The number of unbranched alkanes of at least 4 members (excludes halogenated alkanes) is 2. The van der Waals surface area contributed by atoms with Crippen LogP contribution < -0.4 is 10.1 Å². The smallest absolute Gasteiger partial charge is 0.410 e. The van der Waals surface area contributed by atoms with Gasteiger partial charge in [-0.2, -0.15) is 0 Å². The number of aliphatic hydroxyl groups is 1. The molecular formula is C36H52N4O7S. The molecule has 1 saturated heterocycles. The molecule has 264 valence electrons. The van der Waals surface area contributed by atoms with Gasteiger partial charge in [0, 0.05) is 31.1 Å². The van der Waals surface area contributed by atoms with Gasteiger partial charge in [0.1, 0.15) is 34.1 Å². The summed E-state index contributed by atoms with van der Waals surface area (Å²) in [6.07, 6.45) is 8.10. The zero-order valence-corrected chi connectivity index (χ0v) is 29.9. The lowest BCUT2D eigenvalue weighted by molar-refractivity contribution is -0.140. The molecule has 2 heterocycles. The molecule has 2 fully saturated rings. The quantitative estimate of drug-likeness (QED) is 0.185. The number of ketones is 1. The molecule has 48 heavy (non-hydrogen) atoms. The number of hydrogen-bond acceptors (Lipinski definition) is 9. The van der Waals surface area contributed by atoms with Gasteiger partial charge in [0.15, 0.2) is 0 Å². The van der Waals surface area contributed by atoms with E-state index in [0.29, 0.717) is 35.2 Å². The normalized spacial score (nSPS) is 18.2. The number of aliphatic hydroxyl groups excluding tert-OH is 1. The summed E-state index contributed by atoms with van der Waals surface area (Å²) in [6, 6.07) is 5.21. The van der Waals surface area contributed by atoms with E-state index >= 15 is 0 Å². The summed E-state index contributed by atoms with van der Waals surface area (Å²) in [4.78, 5) is 61.7. The van der Waals surface area contributed by atoms with Gasteiger partial charge in [0.25, 0.3) is 0 Å². The minimum atomic E-state index is -0.837. The first-order valence-electron chi connectivity index (χ1n) is 17.3. The van der Waals surface area contributed by atoms with E-state index in [1.54, 1.807) is 51.3 Å². The number of thiazole rings is 1. The fourth-order valence-corrected chi connectivity index (χ4v) is 7.20. The van der Waals surface area contributed by atoms with Crippen molar-refractivity contribution in [3.05, 3.63) is 45.9 Å². The lowest BCUT2D eigenvalue weighted by atomic mass is 9.83. The molecule has 3 atom stereocenters. The summed E-state index contributed by atoms with van der Waals surface area (Å²) in [6.45, 7) is 8.16. The van der Waals surface area contributed by atoms with Crippen LogP contribution in [0.1, 0.15) is 119 Å². The minimum Gasteiger partial charge on any atom is -0.494 e. The fraction of sp³-hybridized carbons (Fsp3) is 0.639. The molecular weight excluding hydrogens is 632 g/mol. The fourth-order valence-electron chi connectivity index (χ4n) is 6.26. The van der Waals surface area contributed by atoms with Crippen molar-refractivity contribution in [3.63, 3.8) is 0 Å². The summed E-state index contributed by atoms with van der Waals surface area (Å²) in [5.41, 5.74) is 0.0994. The first-order chi connectivity index (χ1) is 22.9. The van der Waals surface area contributed by atoms with Crippen LogP contribution in [-0.4, -0.2) is 88.1 Å². The molecule has 1 aromatic heterocycles. The first kappa shape index (κ1) is 37.3. The molecule has 2 N–H and O–H groups in total. The number of carbonyl (C=O) groups excluding carboxylic acids is 4. The maximum atomic E-state index is 14.3. The van der Waals surface area contributed by atoms with Gasteiger partial charge < -0.3 is 24.8 Å². The number of nitrogens with one attached hydrogen (secondary N) is 1. The van der Waals surface area contributed by atoms with Gasteiger partial charge in [-0.25, -0.2) is 9.78 Å². The van der Waals surface area contributed by atoms with Gasteiger partial charge in [0.05, 0.1) is 12.6 Å². The number of carbonyl (C=O) groups is 4. The highest BCUT2D eigenvalue weighted by molar-refractivity contribution is 7.10. The molecule has 2 aromatic rings. The van der Waals surface area contributed by atoms with Crippen LogP contribution in [0.5, 0.6) is 5.75 Å². The summed E-state index contributed by atoms with van der Waals surface area (Å²) in [5.74, 6) is -0.156. The maximum Gasteiger partial charge on any atom is 0.410 e. The van der Waals surface area contributed by atoms with E-state index in [-0.39, 0.29) is 30.3 Å². The number of likely N-dealkylation sites (tertiary alicyclic amines) is 1. The van der Waals surface area contributed by atoms with Crippen molar-refractivity contribution >= 4 is 35.0 Å². The molecule has 1 aliphatic carbocycles. The third-order valence-corrected chi connectivity index (χ3v) is 10.0. The topological polar surface area (TPSA) is 138 Å². The van der Waals surface area contributed by atoms with E-state index in [4.69, 9.17) is 19.6 Å². The standard InChI is InChI=1S/C36H52N4O7S/c1-24(39(5)35(45)47-36(2,3)4)32(43)38-30(25-14-8-6-9-15-25)34(44)40-19-13-18-29(40)33-37-28(23-48-33)31(42)26-16-12-17-27(22-26)46-21-11-7-10-20-41/h12,16-17,22-25,29-30,41H,6-11,13-15,18-21H2,1-5H3,(H,38,43)/t24-,29-,30-/m0/s1. The van der Waals surface area contributed by atoms with Gasteiger partial charge in [-0.1, -0.05) is 31.4 Å². The zero-order valence-electron chi connectivity index (χ0n) is 29.0. The Morgan fingerprint density at radius 1 is 1.08 bits per heavy atom. The second-order valence-electron chi connectivity index (χ2n) is 13.9. The van der Waals surface area contributed by atoms with Crippen LogP contribution in [0.3, 0.4) is 0 Å². The summed E-state index contributed by atoms with van der Waals surface area (Å²) in [7, 11) is 1.53. The largest absolute Gasteiger partial charge is 0.494 e. The number of hydrogen-bond donors (Lipinski definition) is 2. The molecule has 11 nitrogen and oxygen atoms in total. The number of ether oxygens (including phenoxy) is 2. The van der Waals surface area contributed by atoms with Crippen molar-refractivity contribution in [3.8, 4) is 5.75 Å². The third kappa shape index (κ3) is 10.0.